The zero-order chi connectivity index (χ0) is 49.1. The van der Waals surface area contributed by atoms with Crippen molar-refractivity contribution in [3.63, 3.8) is 0 Å². The van der Waals surface area contributed by atoms with Crippen molar-refractivity contribution in [1.29, 1.82) is 0 Å². The normalized spacial score (nSPS) is 21.1. The molecular formula is C49H76N10O8S2. The molecule has 4 aliphatic rings. The highest BCUT2D eigenvalue weighted by atomic mass is 32.2. The highest BCUT2D eigenvalue weighted by Gasteiger charge is 2.41. The van der Waals surface area contributed by atoms with Crippen LogP contribution in [0.25, 0.3) is 10.4 Å². The fraction of sp³-hybridized carbons (Fsp3) is 0.735. The van der Waals surface area contributed by atoms with Gasteiger partial charge in [0.1, 0.15) is 23.1 Å². The summed E-state index contributed by atoms with van der Waals surface area (Å²) in [4.78, 5) is 76.6. The van der Waals surface area contributed by atoms with Crippen LogP contribution in [0.1, 0.15) is 137 Å². The number of fused-ring (bicyclic) bond motifs is 2. The van der Waals surface area contributed by atoms with Crippen LogP contribution in [0.15, 0.2) is 33.3 Å². The van der Waals surface area contributed by atoms with Crippen LogP contribution in [0.4, 0.5) is 0 Å². The molecule has 2 fully saturated rings. The lowest BCUT2D eigenvalue weighted by atomic mass is 9.96. The first-order valence-corrected chi connectivity index (χ1v) is 27.3. The van der Waals surface area contributed by atoms with E-state index < -0.39 is 0 Å². The molecule has 6 atom stereocenters. The zero-order valence-electron chi connectivity index (χ0n) is 40.4. The number of unbranched alkanes of at least 4 members (excludes halogenated alkanes) is 6. The summed E-state index contributed by atoms with van der Waals surface area (Å²) in [7, 11) is 0. The van der Waals surface area contributed by atoms with E-state index in [0.717, 1.165) is 75.7 Å². The maximum Gasteiger partial charge on any atom is 0.251 e. The highest BCUT2D eigenvalue weighted by molar-refractivity contribution is 8.00. The first-order valence-electron chi connectivity index (χ1n) is 25.2. The number of carbonyl (C=O) groups is 5. The number of nitrogens with zero attached hydrogens (tertiary/aromatic N) is 5. The molecule has 7 N–H and O–H groups in total. The summed E-state index contributed by atoms with van der Waals surface area (Å²) in [6, 6.07) is 6.48. The van der Waals surface area contributed by atoms with Gasteiger partial charge < -0.3 is 41.6 Å². The Balaban J connectivity index is 0.972. The molecule has 0 aromatic heterocycles. The molecule has 0 bridgehead atoms. The first kappa shape index (κ1) is 55.7. The van der Waals surface area contributed by atoms with Gasteiger partial charge in [-0.05, 0) is 80.2 Å². The van der Waals surface area contributed by atoms with E-state index in [4.69, 9.17) is 31.2 Å². The van der Waals surface area contributed by atoms with E-state index in [-0.39, 0.29) is 73.7 Å². The van der Waals surface area contributed by atoms with Gasteiger partial charge in [-0.15, -0.1) is 0 Å². The molecule has 0 radical (unpaired) electrons. The maximum atomic E-state index is 13.3. The van der Waals surface area contributed by atoms with Crippen LogP contribution in [-0.2, 0) is 46.2 Å². The molecule has 2 saturated heterocycles. The van der Waals surface area contributed by atoms with E-state index in [0.29, 0.717) is 136 Å². The lowest BCUT2D eigenvalue weighted by Gasteiger charge is -2.14. The van der Waals surface area contributed by atoms with Crippen molar-refractivity contribution in [2.24, 2.45) is 26.6 Å². The molecule has 18 nitrogen and oxygen atoms in total. The number of azide groups is 1. The predicted octanol–water partition coefficient (Wildman–Crippen LogP) is 5.70. The summed E-state index contributed by atoms with van der Waals surface area (Å²) >= 11 is 3.88. The summed E-state index contributed by atoms with van der Waals surface area (Å²) in [6.07, 6.45) is 13.6. The molecule has 1 amide bonds. The number of hydrogen-bond acceptors (Lipinski definition) is 17. The molecule has 6 unspecified atom stereocenters. The monoisotopic (exact) mass is 997 g/mol. The summed E-state index contributed by atoms with van der Waals surface area (Å²) in [5.74, 6) is 3.44. The number of aliphatic imine (C=N–C) groups is 2. The molecule has 4 heterocycles. The number of amides is 1. The van der Waals surface area contributed by atoms with E-state index in [9.17, 15) is 24.0 Å². The zero-order valence-corrected chi connectivity index (χ0v) is 42.0. The second-order valence-electron chi connectivity index (χ2n) is 18.5. The van der Waals surface area contributed by atoms with Gasteiger partial charge in [0, 0.05) is 96.9 Å². The van der Waals surface area contributed by atoms with Gasteiger partial charge in [-0.3, -0.25) is 24.0 Å². The standard InChI is InChI=1S/C49H76N10O8S2/c50-48-55-41-32-68-43(45(41)57-48)17-9-7-13-37(60)11-3-1-5-15-39(62)30-34-27-35(29-36(28-34)47(64)53-19-21-65-23-25-67-26-24-66-22-20-54-59-52)31-40(63)16-6-2-4-12-38(61)14-8-10-18-44-46-42(33-69-44)56-49(51)58-46/h27-29,41-46H,1-26,30-33H2,(H,53,64)(H3,50,55,57)(H3,51,56,58). The van der Waals surface area contributed by atoms with Gasteiger partial charge in [-0.2, -0.15) is 23.5 Å². The van der Waals surface area contributed by atoms with Crippen LogP contribution in [0.3, 0.4) is 0 Å². The van der Waals surface area contributed by atoms with Crippen molar-refractivity contribution in [2.45, 2.75) is 163 Å². The van der Waals surface area contributed by atoms with Gasteiger partial charge in [0.15, 0.2) is 11.9 Å². The van der Waals surface area contributed by atoms with E-state index in [2.05, 4.69) is 36.0 Å². The number of benzene rings is 1. The van der Waals surface area contributed by atoms with Crippen molar-refractivity contribution in [1.82, 2.24) is 16.0 Å². The molecular weight excluding hydrogens is 921 g/mol. The van der Waals surface area contributed by atoms with E-state index in [1.807, 2.05) is 29.6 Å². The second-order valence-corrected chi connectivity index (χ2v) is 21.0. The molecule has 1 aromatic rings. The average Bonchev–Trinajstić information content (AvgIpc) is 4.09. The fourth-order valence-electron chi connectivity index (χ4n) is 9.24. The van der Waals surface area contributed by atoms with Crippen molar-refractivity contribution in [3.8, 4) is 0 Å². The summed E-state index contributed by atoms with van der Waals surface area (Å²) in [5, 5.41) is 13.7. The van der Waals surface area contributed by atoms with Crippen LogP contribution >= 0.6 is 23.5 Å². The molecule has 382 valence electrons. The number of hydrogen-bond donors (Lipinski definition) is 5. The quantitative estimate of drug-likeness (QED) is 0.0229. The Morgan fingerprint density at radius 2 is 1.06 bits per heavy atom. The fourth-order valence-corrected chi connectivity index (χ4v) is 12.3. The minimum Gasteiger partial charge on any atom is -0.379 e. The van der Waals surface area contributed by atoms with Crippen LogP contribution in [0.5, 0.6) is 0 Å². The lowest BCUT2D eigenvalue weighted by Crippen LogP contribution is -2.38. The molecule has 69 heavy (non-hydrogen) atoms. The van der Waals surface area contributed by atoms with Gasteiger partial charge in [0.2, 0.25) is 0 Å². The van der Waals surface area contributed by atoms with Gasteiger partial charge in [-0.25, -0.2) is 9.98 Å². The van der Waals surface area contributed by atoms with Gasteiger partial charge in [0.25, 0.3) is 5.91 Å². The number of nitrogens with one attached hydrogen (secondary N) is 3. The third-order valence-corrected chi connectivity index (χ3v) is 15.8. The molecule has 0 spiro atoms. The molecule has 0 aliphatic carbocycles. The molecule has 5 rings (SSSR count). The van der Waals surface area contributed by atoms with Crippen LogP contribution in [-0.4, -0.2) is 140 Å². The SMILES string of the molecule is [N-]=[N+]=NCCOCCOCCOCCNC(=O)c1cc(CC(=O)CCCCCC(=O)CCCCC2SCC3NC(N)=NC32)cc(CC(=O)CCCCCC(=O)CCCCC2SCC3NC(N)=NC32)c1. The Morgan fingerprint density at radius 1 is 0.623 bits per heavy atom. The highest BCUT2D eigenvalue weighted by Crippen LogP contribution is 2.36. The summed E-state index contributed by atoms with van der Waals surface area (Å²) in [5.41, 5.74) is 21.7. The van der Waals surface area contributed by atoms with E-state index in [1.54, 1.807) is 12.1 Å². The van der Waals surface area contributed by atoms with E-state index >= 15 is 0 Å². The Hall–Kier alpha value is -4.20. The topological polar surface area (TPSA) is 275 Å². The van der Waals surface area contributed by atoms with Crippen LogP contribution in [0.2, 0.25) is 0 Å². The van der Waals surface area contributed by atoms with Gasteiger partial charge in [-0.1, -0.05) is 36.9 Å². The molecule has 4 aliphatic heterocycles. The second kappa shape index (κ2) is 31.9. The molecule has 1 aromatic carbocycles. The minimum atomic E-state index is -0.321. The summed E-state index contributed by atoms with van der Waals surface area (Å²) < 4.78 is 16.3. The molecule has 0 saturated carbocycles. The number of thioether (sulfide) groups is 2. The summed E-state index contributed by atoms with van der Waals surface area (Å²) in [6.45, 7) is 2.59. The number of rotatable bonds is 39. The number of guanidine groups is 2. The van der Waals surface area contributed by atoms with Crippen LogP contribution < -0.4 is 27.4 Å². The van der Waals surface area contributed by atoms with Crippen molar-refractivity contribution in [3.05, 3.63) is 45.3 Å². The predicted molar refractivity (Wildman–Crippen MR) is 273 cm³/mol. The van der Waals surface area contributed by atoms with E-state index in [1.165, 1.54) is 0 Å². The van der Waals surface area contributed by atoms with Crippen LogP contribution in [0, 0.1) is 0 Å². The number of carbonyl (C=O) groups excluding carboxylic acids is 5. The largest absolute Gasteiger partial charge is 0.379 e. The van der Waals surface area contributed by atoms with Crippen molar-refractivity contribution < 1.29 is 38.2 Å². The Morgan fingerprint density at radius 3 is 1.54 bits per heavy atom. The Kier molecular flexibility index (Phi) is 25.8. The Bertz CT molecular complexity index is 1830. The van der Waals surface area contributed by atoms with Crippen molar-refractivity contribution >= 4 is 64.5 Å². The lowest BCUT2D eigenvalue weighted by molar-refractivity contribution is -0.120. The van der Waals surface area contributed by atoms with Gasteiger partial charge in [0.05, 0.1) is 63.8 Å². The number of nitrogens with two attached hydrogens (primary N) is 2. The average molecular weight is 997 g/mol. The van der Waals surface area contributed by atoms with Gasteiger partial charge >= 0.3 is 0 Å². The first-order chi connectivity index (χ1) is 33.6. The number of ketones is 4. The number of ether oxygens (including phenoxy) is 3. The smallest absolute Gasteiger partial charge is 0.251 e. The Labute approximate surface area is 416 Å². The maximum absolute atomic E-state index is 13.3. The third-order valence-electron chi connectivity index (χ3n) is 12.8. The molecule has 20 heteroatoms. The third kappa shape index (κ3) is 21.4. The van der Waals surface area contributed by atoms with Crippen molar-refractivity contribution in [2.75, 3.05) is 64.2 Å². The number of Topliss-reactive ketones (excluding diaryl/α,β-unsaturated/α-hetero) is 4. The minimum absolute atomic E-state index is 0.0459.